The number of rotatable bonds is 5. The molecule has 0 heterocycles. The fourth-order valence-electron chi connectivity index (χ4n) is 1.42. The van der Waals surface area contributed by atoms with E-state index < -0.39 is 17.1 Å². The first-order valence-corrected chi connectivity index (χ1v) is 9.62. The topological polar surface area (TPSA) is 34.1 Å². The maximum Gasteiger partial charge on any atom is 0.230 e. The maximum absolute atomic E-state index is 10.9. The molecule has 0 rings (SSSR count). The highest BCUT2D eigenvalue weighted by molar-refractivity contribution is 8.14. The van der Waals surface area contributed by atoms with Gasteiger partial charge in [-0.25, -0.2) is 8.42 Å². The molecule has 0 amide bonds. The normalized spacial score (nSPS) is 13.3. The van der Waals surface area contributed by atoms with Crippen LogP contribution in [0.3, 0.4) is 0 Å². The Bertz CT molecular complexity index is 213. The van der Waals surface area contributed by atoms with Crippen LogP contribution in [0.2, 0.25) is 18.1 Å². The molecule has 0 aromatic carbocycles. The molecule has 0 fully saturated rings. The quantitative estimate of drug-likeness (QED) is 0.536. The first kappa shape index (κ1) is 12.5. The standard InChI is InChI=1S/C7H17ClO2SSi/c1-4-12(5-2,6-3)7-11(8,9)10/h4-7H2,1-3H3. The van der Waals surface area contributed by atoms with E-state index >= 15 is 0 Å². The number of hydrogen-bond donors (Lipinski definition) is 0. The lowest BCUT2D eigenvalue weighted by atomic mass is 10.9. The van der Waals surface area contributed by atoms with Gasteiger partial charge in [-0.1, -0.05) is 38.9 Å². The van der Waals surface area contributed by atoms with E-state index in [2.05, 4.69) is 20.8 Å². The number of hydrogen-bond acceptors (Lipinski definition) is 2. The van der Waals surface area contributed by atoms with Crippen LogP contribution in [0.25, 0.3) is 0 Å². The summed E-state index contributed by atoms with van der Waals surface area (Å²) < 4.78 is 21.8. The predicted octanol–water partition coefficient (Wildman–Crippen LogP) is 2.60. The van der Waals surface area contributed by atoms with E-state index in [1.165, 1.54) is 0 Å². The monoisotopic (exact) mass is 228 g/mol. The third-order valence-electron chi connectivity index (χ3n) is 2.73. The zero-order valence-electron chi connectivity index (χ0n) is 7.93. The van der Waals surface area contributed by atoms with Crippen molar-refractivity contribution in [2.45, 2.75) is 38.9 Å². The van der Waals surface area contributed by atoms with Crippen molar-refractivity contribution in [2.75, 3.05) is 5.38 Å². The molecular weight excluding hydrogens is 212 g/mol. The summed E-state index contributed by atoms with van der Waals surface area (Å²) >= 11 is 0. The zero-order valence-corrected chi connectivity index (χ0v) is 10.5. The van der Waals surface area contributed by atoms with Crippen LogP contribution in [0, 0.1) is 0 Å². The van der Waals surface area contributed by atoms with Crippen molar-refractivity contribution in [3.63, 3.8) is 0 Å². The smallest absolute Gasteiger partial charge is 0.213 e. The van der Waals surface area contributed by atoms with Crippen LogP contribution in [0.1, 0.15) is 20.8 Å². The summed E-state index contributed by atoms with van der Waals surface area (Å²) in [4.78, 5) is 0. The van der Waals surface area contributed by atoms with Crippen LogP contribution in [0.4, 0.5) is 0 Å². The van der Waals surface area contributed by atoms with Gasteiger partial charge in [0, 0.05) is 10.7 Å². The summed E-state index contributed by atoms with van der Waals surface area (Å²) in [5, 5.41) is 0.241. The first-order chi connectivity index (χ1) is 5.39. The van der Waals surface area contributed by atoms with E-state index in [0.29, 0.717) is 0 Å². The molecule has 0 aliphatic heterocycles. The highest BCUT2D eigenvalue weighted by Gasteiger charge is 2.31. The van der Waals surface area contributed by atoms with Crippen LogP contribution in [0.15, 0.2) is 0 Å². The Morgan fingerprint density at radius 1 is 1.08 bits per heavy atom. The fraction of sp³-hybridized carbons (Fsp3) is 1.00. The Balaban J connectivity index is 4.52. The SMILES string of the molecule is CC[Si](CC)(CC)CS(=O)(=O)Cl. The van der Waals surface area contributed by atoms with E-state index in [4.69, 9.17) is 10.7 Å². The summed E-state index contributed by atoms with van der Waals surface area (Å²) in [6.45, 7) is 6.21. The third-order valence-corrected chi connectivity index (χ3v) is 12.0. The highest BCUT2D eigenvalue weighted by atomic mass is 35.7. The molecule has 0 bridgehead atoms. The second-order valence-corrected chi connectivity index (χ2v) is 12.0. The molecule has 0 N–H and O–H groups in total. The van der Waals surface area contributed by atoms with E-state index in [-0.39, 0.29) is 5.38 Å². The Labute approximate surface area is 80.7 Å². The second kappa shape index (κ2) is 4.63. The average molecular weight is 229 g/mol. The summed E-state index contributed by atoms with van der Waals surface area (Å²) in [5.74, 6) is 0. The van der Waals surface area contributed by atoms with E-state index in [1.54, 1.807) is 0 Å². The Kier molecular flexibility index (Phi) is 4.80. The summed E-state index contributed by atoms with van der Waals surface area (Å²) in [5.41, 5.74) is 0. The molecule has 2 nitrogen and oxygen atoms in total. The van der Waals surface area contributed by atoms with Crippen molar-refractivity contribution in [3.8, 4) is 0 Å². The predicted molar refractivity (Wildman–Crippen MR) is 56.8 cm³/mol. The van der Waals surface area contributed by atoms with Gasteiger partial charge >= 0.3 is 0 Å². The zero-order chi connectivity index (χ0) is 9.83. The molecule has 0 aromatic rings. The van der Waals surface area contributed by atoms with Gasteiger partial charge in [0.1, 0.15) is 0 Å². The van der Waals surface area contributed by atoms with Gasteiger partial charge in [0.2, 0.25) is 9.05 Å². The summed E-state index contributed by atoms with van der Waals surface area (Å²) in [6.07, 6.45) is 0. The number of halogens is 1. The maximum atomic E-state index is 10.9. The van der Waals surface area contributed by atoms with Crippen LogP contribution in [-0.4, -0.2) is 21.9 Å². The molecule has 0 radical (unpaired) electrons. The van der Waals surface area contributed by atoms with Gasteiger partial charge in [-0.05, 0) is 0 Å². The lowest BCUT2D eigenvalue weighted by molar-refractivity contribution is 0.612. The van der Waals surface area contributed by atoms with Gasteiger partial charge in [0.15, 0.2) is 0 Å². The molecule has 0 aliphatic carbocycles. The fourth-order valence-corrected chi connectivity index (χ4v) is 10.4. The van der Waals surface area contributed by atoms with Gasteiger partial charge < -0.3 is 0 Å². The molecule has 0 saturated heterocycles. The van der Waals surface area contributed by atoms with Crippen molar-refractivity contribution in [1.82, 2.24) is 0 Å². The Morgan fingerprint density at radius 2 is 1.42 bits per heavy atom. The largest absolute Gasteiger partial charge is 0.230 e. The third kappa shape index (κ3) is 3.91. The lowest BCUT2D eigenvalue weighted by Gasteiger charge is -2.25. The van der Waals surface area contributed by atoms with Crippen molar-refractivity contribution in [1.29, 1.82) is 0 Å². The van der Waals surface area contributed by atoms with Crippen molar-refractivity contribution in [3.05, 3.63) is 0 Å². The minimum atomic E-state index is -3.28. The van der Waals surface area contributed by atoms with Crippen molar-refractivity contribution in [2.24, 2.45) is 0 Å². The van der Waals surface area contributed by atoms with E-state index in [9.17, 15) is 8.42 Å². The van der Waals surface area contributed by atoms with Crippen LogP contribution in [0.5, 0.6) is 0 Å². The van der Waals surface area contributed by atoms with Crippen molar-refractivity contribution >= 4 is 27.8 Å². The minimum absolute atomic E-state index is 0.241. The van der Waals surface area contributed by atoms with Gasteiger partial charge in [-0.15, -0.1) is 0 Å². The van der Waals surface area contributed by atoms with Gasteiger partial charge in [0.25, 0.3) is 0 Å². The van der Waals surface area contributed by atoms with Gasteiger partial charge in [0.05, 0.1) is 13.5 Å². The summed E-state index contributed by atoms with van der Waals surface area (Å²) in [6, 6.07) is 3.02. The van der Waals surface area contributed by atoms with Gasteiger partial charge in [-0.2, -0.15) is 0 Å². The molecule has 0 aromatic heterocycles. The molecule has 0 unspecified atom stereocenters. The van der Waals surface area contributed by atoms with Crippen molar-refractivity contribution < 1.29 is 8.42 Å². The molecule has 12 heavy (non-hydrogen) atoms. The average Bonchev–Trinajstić information content (AvgIpc) is 1.99. The van der Waals surface area contributed by atoms with Crippen LogP contribution >= 0.6 is 10.7 Å². The molecule has 0 aliphatic rings. The molecule has 0 atom stereocenters. The Hall–Kier alpha value is 0.457. The highest BCUT2D eigenvalue weighted by Crippen LogP contribution is 2.23. The summed E-state index contributed by atoms with van der Waals surface area (Å²) in [7, 11) is 0.404. The molecule has 0 saturated carbocycles. The molecular formula is C7H17ClO2SSi. The van der Waals surface area contributed by atoms with E-state index in [0.717, 1.165) is 18.1 Å². The lowest BCUT2D eigenvalue weighted by Crippen LogP contribution is -2.39. The molecule has 74 valence electrons. The Morgan fingerprint density at radius 3 is 1.50 bits per heavy atom. The minimum Gasteiger partial charge on any atom is -0.213 e. The van der Waals surface area contributed by atoms with E-state index in [1.807, 2.05) is 0 Å². The van der Waals surface area contributed by atoms with Crippen LogP contribution < -0.4 is 0 Å². The van der Waals surface area contributed by atoms with Gasteiger partial charge in [-0.3, -0.25) is 0 Å². The molecule has 5 heteroatoms. The second-order valence-electron chi connectivity index (χ2n) is 3.24. The first-order valence-electron chi connectivity index (χ1n) is 4.31. The molecule has 0 spiro atoms. The van der Waals surface area contributed by atoms with Crippen LogP contribution in [-0.2, 0) is 9.05 Å².